The predicted molar refractivity (Wildman–Crippen MR) is 57.2 cm³/mol. The van der Waals surface area contributed by atoms with Crippen LogP contribution in [0.15, 0.2) is 30.6 Å². The number of hydrogen-bond acceptors (Lipinski definition) is 4. The number of ether oxygens (including phenoxy) is 1. The van der Waals surface area contributed by atoms with Crippen LogP contribution in [-0.4, -0.2) is 22.2 Å². The molecule has 1 aromatic carbocycles. The molecule has 0 amide bonds. The monoisotopic (exact) mass is 219 g/mol. The Kier molecular flexibility index (Phi) is 2.55. The van der Waals surface area contributed by atoms with Gasteiger partial charge < -0.3 is 4.74 Å². The van der Waals surface area contributed by atoms with E-state index in [-0.39, 0.29) is 5.69 Å². The van der Waals surface area contributed by atoms with E-state index in [1.807, 2.05) is 0 Å². The molecule has 0 saturated carbocycles. The normalized spacial score (nSPS) is 10.1. The minimum atomic E-state index is -0.441. The molecule has 1 aromatic heterocycles. The van der Waals surface area contributed by atoms with E-state index in [2.05, 4.69) is 10.2 Å². The van der Waals surface area contributed by atoms with Gasteiger partial charge in [-0.2, -0.15) is 5.10 Å². The molecular formula is C10H9N3O3. The highest BCUT2D eigenvalue weighted by molar-refractivity contribution is 5.71. The number of nitrogens with one attached hydrogen (secondary N) is 1. The third-order valence-corrected chi connectivity index (χ3v) is 2.20. The molecule has 0 aliphatic rings. The van der Waals surface area contributed by atoms with Gasteiger partial charge in [-0.1, -0.05) is 0 Å². The van der Waals surface area contributed by atoms with Gasteiger partial charge in [0.1, 0.15) is 5.75 Å². The molecule has 0 fully saturated rings. The molecule has 1 N–H and O–H groups in total. The Morgan fingerprint density at radius 3 is 2.88 bits per heavy atom. The SMILES string of the molecule is COc1ccc([N+](=O)[O-])cc1-c1cn[nH]c1. The average Bonchev–Trinajstić information content (AvgIpc) is 2.81. The Hall–Kier alpha value is -2.37. The second kappa shape index (κ2) is 4.01. The molecule has 0 radical (unpaired) electrons. The van der Waals surface area contributed by atoms with Crippen molar-refractivity contribution in [3.63, 3.8) is 0 Å². The molecule has 6 heteroatoms. The lowest BCUT2D eigenvalue weighted by molar-refractivity contribution is -0.384. The van der Waals surface area contributed by atoms with Crippen molar-refractivity contribution in [2.24, 2.45) is 0 Å². The zero-order chi connectivity index (χ0) is 11.5. The Morgan fingerprint density at radius 1 is 1.50 bits per heavy atom. The van der Waals surface area contributed by atoms with Crippen molar-refractivity contribution < 1.29 is 9.66 Å². The number of aromatic nitrogens is 2. The lowest BCUT2D eigenvalue weighted by atomic mass is 10.1. The fourth-order valence-electron chi connectivity index (χ4n) is 1.43. The zero-order valence-electron chi connectivity index (χ0n) is 8.51. The molecule has 0 bridgehead atoms. The van der Waals surface area contributed by atoms with Crippen molar-refractivity contribution in [1.82, 2.24) is 10.2 Å². The summed E-state index contributed by atoms with van der Waals surface area (Å²) >= 11 is 0. The quantitative estimate of drug-likeness (QED) is 0.632. The van der Waals surface area contributed by atoms with E-state index in [1.54, 1.807) is 18.5 Å². The maximum absolute atomic E-state index is 10.7. The molecule has 16 heavy (non-hydrogen) atoms. The zero-order valence-corrected chi connectivity index (χ0v) is 8.51. The molecule has 6 nitrogen and oxygen atoms in total. The van der Waals surface area contributed by atoms with Crippen LogP contribution in [0.3, 0.4) is 0 Å². The van der Waals surface area contributed by atoms with Crippen LogP contribution in [0.5, 0.6) is 5.75 Å². The Bertz CT molecular complexity index is 508. The smallest absolute Gasteiger partial charge is 0.270 e. The first kappa shape index (κ1) is 10.2. The topological polar surface area (TPSA) is 81.1 Å². The van der Waals surface area contributed by atoms with Gasteiger partial charge in [0.05, 0.1) is 18.2 Å². The van der Waals surface area contributed by atoms with Gasteiger partial charge in [0.15, 0.2) is 0 Å². The van der Waals surface area contributed by atoms with Gasteiger partial charge in [-0.3, -0.25) is 15.2 Å². The summed E-state index contributed by atoms with van der Waals surface area (Å²) in [6, 6.07) is 4.44. The summed E-state index contributed by atoms with van der Waals surface area (Å²) < 4.78 is 5.14. The molecule has 0 aliphatic carbocycles. The van der Waals surface area contributed by atoms with E-state index in [1.165, 1.54) is 19.2 Å². The first-order valence-electron chi connectivity index (χ1n) is 4.54. The van der Waals surface area contributed by atoms with Crippen LogP contribution in [0.25, 0.3) is 11.1 Å². The number of hydrogen-bond donors (Lipinski definition) is 1. The lowest BCUT2D eigenvalue weighted by Gasteiger charge is -2.05. The second-order valence-electron chi connectivity index (χ2n) is 3.13. The van der Waals surface area contributed by atoms with Crippen LogP contribution >= 0.6 is 0 Å². The van der Waals surface area contributed by atoms with Gasteiger partial charge in [0, 0.05) is 29.5 Å². The summed E-state index contributed by atoms with van der Waals surface area (Å²) in [4.78, 5) is 10.2. The fourth-order valence-corrected chi connectivity index (χ4v) is 1.43. The number of nitro benzene ring substituents is 1. The van der Waals surface area contributed by atoms with Crippen LogP contribution < -0.4 is 4.74 Å². The fraction of sp³-hybridized carbons (Fsp3) is 0.100. The first-order chi connectivity index (χ1) is 7.72. The predicted octanol–water partition coefficient (Wildman–Crippen LogP) is 1.99. The van der Waals surface area contributed by atoms with Gasteiger partial charge >= 0.3 is 0 Å². The second-order valence-corrected chi connectivity index (χ2v) is 3.13. The number of non-ortho nitro benzene ring substituents is 1. The minimum absolute atomic E-state index is 0.0250. The molecule has 2 aromatic rings. The first-order valence-corrected chi connectivity index (χ1v) is 4.54. The van der Waals surface area contributed by atoms with Crippen molar-refractivity contribution in [2.75, 3.05) is 7.11 Å². The number of methoxy groups -OCH3 is 1. The summed E-state index contributed by atoms with van der Waals surface area (Å²) in [7, 11) is 1.52. The number of nitrogens with zero attached hydrogens (tertiary/aromatic N) is 2. The van der Waals surface area contributed by atoms with Crippen molar-refractivity contribution in [1.29, 1.82) is 0 Å². The van der Waals surface area contributed by atoms with Crippen LogP contribution in [0.4, 0.5) is 5.69 Å². The third-order valence-electron chi connectivity index (χ3n) is 2.20. The Morgan fingerprint density at radius 2 is 2.31 bits per heavy atom. The summed E-state index contributed by atoms with van der Waals surface area (Å²) in [5.41, 5.74) is 1.42. The summed E-state index contributed by atoms with van der Waals surface area (Å²) in [5.74, 6) is 0.576. The molecule has 0 atom stereocenters. The van der Waals surface area contributed by atoms with Crippen molar-refractivity contribution in [2.45, 2.75) is 0 Å². The molecule has 0 saturated heterocycles. The summed E-state index contributed by atoms with van der Waals surface area (Å²) in [6.07, 6.45) is 3.24. The van der Waals surface area contributed by atoms with E-state index in [4.69, 9.17) is 4.74 Å². The van der Waals surface area contributed by atoms with Crippen LogP contribution in [0, 0.1) is 10.1 Å². The van der Waals surface area contributed by atoms with Crippen molar-refractivity contribution in [3.8, 4) is 16.9 Å². The van der Waals surface area contributed by atoms with E-state index in [0.717, 1.165) is 5.56 Å². The number of aromatic amines is 1. The number of rotatable bonds is 3. The van der Waals surface area contributed by atoms with Crippen molar-refractivity contribution in [3.05, 3.63) is 40.7 Å². The standard InChI is InChI=1S/C10H9N3O3/c1-16-10-3-2-8(13(14)15)4-9(10)7-5-11-12-6-7/h2-6H,1H3,(H,11,12). The number of nitro groups is 1. The minimum Gasteiger partial charge on any atom is -0.496 e. The van der Waals surface area contributed by atoms with E-state index in [0.29, 0.717) is 11.3 Å². The molecule has 2 rings (SSSR count). The van der Waals surface area contributed by atoms with Gasteiger partial charge in [0.2, 0.25) is 0 Å². The maximum Gasteiger partial charge on any atom is 0.270 e. The lowest BCUT2D eigenvalue weighted by Crippen LogP contribution is -1.91. The van der Waals surface area contributed by atoms with Crippen LogP contribution in [0.2, 0.25) is 0 Å². The third kappa shape index (κ3) is 1.72. The highest BCUT2D eigenvalue weighted by Gasteiger charge is 2.13. The van der Waals surface area contributed by atoms with E-state index < -0.39 is 4.92 Å². The Balaban J connectivity index is 2.56. The highest BCUT2D eigenvalue weighted by Crippen LogP contribution is 2.32. The maximum atomic E-state index is 10.7. The average molecular weight is 219 g/mol. The van der Waals surface area contributed by atoms with Crippen LogP contribution in [-0.2, 0) is 0 Å². The highest BCUT2D eigenvalue weighted by atomic mass is 16.6. The molecule has 1 heterocycles. The van der Waals surface area contributed by atoms with Gasteiger partial charge in [0.25, 0.3) is 5.69 Å². The van der Waals surface area contributed by atoms with Gasteiger partial charge in [-0.05, 0) is 6.07 Å². The van der Waals surface area contributed by atoms with E-state index >= 15 is 0 Å². The molecule has 82 valence electrons. The summed E-state index contributed by atoms with van der Waals surface area (Å²) in [5, 5.41) is 17.1. The molecular weight excluding hydrogens is 210 g/mol. The Labute approximate surface area is 91.0 Å². The van der Waals surface area contributed by atoms with Gasteiger partial charge in [-0.25, -0.2) is 0 Å². The molecule has 0 unspecified atom stereocenters. The van der Waals surface area contributed by atoms with E-state index in [9.17, 15) is 10.1 Å². The molecule has 0 aliphatic heterocycles. The number of H-pyrrole nitrogens is 1. The van der Waals surface area contributed by atoms with Gasteiger partial charge in [-0.15, -0.1) is 0 Å². The summed E-state index contributed by atoms with van der Waals surface area (Å²) in [6.45, 7) is 0. The largest absolute Gasteiger partial charge is 0.496 e. The number of benzene rings is 1. The molecule has 0 spiro atoms. The van der Waals surface area contributed by atoms with Crippen LogP contribution in [0.1, 0.15) is 0 Å². The van der Waals surface area contributed by atoms with Crippen molar-refractivity contribution >= 4 is 5.69 Å².